The summed E-state index contributed by atoms with van der Waals surface area (Å²) in [6.45, 7) is 1.46. The van der Waals surface area contributed by atoms with E-state index in [1.54, 1.807) is 0 Å². The van der Waals surface area contributed by atoms with E-state index in [0.717, 1.165) is 19.4 Å². The molecule has 0 aromatic heterocycles. The molecule has 0 saturated carbocycles. The van der Waals surface area contributed by atoms with Crippen LogP contribution in [-0.2, 0) is 4.74 Å². The first-order valence-electron chi connectivity index (χ1n) is 4.78. The first-order chi connectivity index (χ1) is 8.45. The summed E-state index contributed by atoms with van der Waals surface area (Å²) in [5, 5.41) is 25.7. The van der Waals surface area contributed by atoms with Gasteiger partial charge in [0.25, 0.3) is 5.69 Å². The molecular formula is C10H10N3O5-. The number of benzene rings is 1. The number of nitrogens with zero attached hydrogens (tertiary/aromatic N) is 2. The molecule has 1 aromatic rings. The summed E-state index contributed by atoms with van der Waals surface area (Å²) in [5.74, 6) is -0.393. The first-order valence-corrected chi connectivity index (χ1v) is 4.78. The number of hydrogen-bond donors (Lipinski definition) is 1. The number of amides is 1. The van der Waals surface area contributed by atoms with E-state index in [-0.39, 0.29) is 16.8 Å². The molecule has 1 rings (SSSR count). The van der Waals surface area contributed by atoms with Crippen LogP contribution in [0.25, 0.3) is 0 Å². The Balaban J connectivity index is 3.01. The van der Waals surface area contributed by atoms with Gasteiger partial charge in [0.1, 0.15) is 0 Å². The largest absolute Gasteiger partial charge is 0.872 e. The smallest absolute Gasteiger partial charge is 0.427 e. The topological polar surface area (TPSA) is 117 Å². The molecule has 0 bridgehead atoms. The van der Waals surface area contributed by atoms with Gasteiger partial charge in [-0.3, -0.25) is 10.1 Å². The van der Waals surface area contributed by atoms with Crippen LogP contribution in [0.4, 0.5) is 10.5 Å². The number of hydrazone groups is 1. The van der Waals surface area contributed by atoms with E-state index < -0.39 is 16.8 Å². The molecule has 18 heavy (non-hydrogen) atoms. The third-order valence-electron chi connectivity index (χ3n) is 2.04. The van der Waals surface area contributed by atoms with Gasteiger partial charge >= 0.3 is 6.09 Å². The lowest BCUT2D eigenvalue weighted by molar-refractivity contribution is -0.385. The van der Waals surface area contributed by atoms with E-state index in [9.17, 15) is 20.0 Å². The lowest BCUT2D eigenvalue weighted by atomic mass is 10.1. The average Bonchev–Trinajstić information content (AvgIpc) is 2.33. The Kier molecular flexibility index (Phi) is 4.19. The van der Waals surface area contributed by atoms with Gasteiger partial charge < -0.3 is 9.84 Å². The number of non-ortho nitro benzene ring substituents is 1. The second-order valence-electron chi connectivity index (χ2n) is 3.30. The number of nitro benzene ring substituents is 1. The van der Waals surface area contributed by atoms with E-state index >= 15 is 0 Å². The molecule has 1 amide bonds. The van der Waals surface area contributed by atoms with Crippen LogP contribution in [0, 0.1) is 17.0 Å². The van der Waals surface area contributed by atoms with Gasteiger partial charge in [0, 0.05) is 12.1 Å². The molecule has 0 aliphatic rings. The van der Waals surface area contributed by atoms with Gasteiger partial charge in [-0.2, -0.15) is 5.10 Å². The van der Waals surface area contributed by atoms with E-state index in [4.69, 9.17) is 0 Å². The van der Waals surface area contributed by atoms with Crippen LogP contribution < -0.4 is 10.5 Å². The van der Waals surface area contributed by atoms with E-state index in [2.05, 4.69) is 9.84 Å². The highest BCUT2D eigenvalue weighted by Gasteiger charge is 2.08. The number of carbonyl (C=O) groups excluding carboxylic acids is 1. The van der Waals surface area contributed by atoms with E-state index in [0.29, 0.717) is 0 Å². The van der Waals surface area contributed by atoms with Crippen LogP contribution in [0.2, 0.25) is 0 Å². The van der Waals surface area contributed by atoms with Crippen LogP contribution in [0.3, 0.4) is 0 Å². The van der Waals surface area contributed by atoms with Crippen molar-refractivity contribution in [2.45, 2.75) is 6.92 Å². The van der Waals surface area contributed by atoms with Gasteiger partial charge in [0.15, 0.2) is 0 Å². The first kappa shape index (κ1) is 13.4. The summed E-state index contributed by atoms with van der Waals surface area (Å²) in [6, 6.07) is 2.26. The number of carbonyl (C=O) groups is 1. The van der Waals surface area contributed by atoms with Crippen LogP contribution in [-0.4, -0.2) is 24.3 Å². The molecule has 1 aromatic carbocycles. The number of hydrogen-bond acceptors (Lipinski definition) is 6. The normalized spacial score (nSPS) is 10.3. The van der Waals surface area contributed by atoms with Gasteiger partial charge in [0.2, 0.25) is 0 Å². The van der Waals surface area contributed by atoms with Crippen molar-refractivity contribution < 1.29 is 19.6 Å². The Morgan fingerprint density at radius 1 is 1.56 bits per heavy atom. The summed E-state index contributed by atoms with van der Waals surface area (Å²) < 4.78 is 4.25. The van der Waals surface area contributed by atoms with Crippen LogP contribution in [0.15, 0.2) is 17.2 Å². The Hall–Kier alpha value is -2.64. The zero-order chi connectivity index (χ0) is 13.7. The predicted octanol–water partition coefficient (Wildman–Crippen LogP) is 0.667. The van der Waals surface area contributed by atoms with Crippen LogP contribution in [0.1, 0.15) is 11.1 Å². The van der Waals surface area contributed by atoms with Crippen molar-refractivity contribution in [3.05, 3.63) is 33.4 Å². The van der Waals surface area contributed by atoms with Crippen LogP contribution >= 0.6 is 0 Å². The van der Waals surface area contributed by atoms with Crippen molar-refractivity contribution >= 4 is 18.0 Å². The minimum absolute atomic E-state index is 0.0121. The highest BCUT2D eigenvalue weighted by Crippen LogP contribution is 2.24. The molecule has 0 atom stereocenters. The Morgan fingerprint density at radius 2 is 2.22 bits per heavy atom. The highest BCUT2D eigenvalue weighted by molar-refractivity contribution is 5.85. The van der Waals surface area contributed by atoms with Crippen molar-refractivity contribution in [1.29, 1.82) is 0 Å². The maximum atomic E-state index is 11.6. The third kappa shape index (κ3) is 3.17. The maximum Gasteiger partial charge on any atom is 0.427 e. The number of ether oxygens (including phenoxy) is 1. The second-order valence-corrected chi connectivity index (χ2v) is 3.30. The molecule has 0 heterocycles. The highest BCUT2D eigenvalue weighted by atomic mass is 16.6. The average molecular weight is 252 g/mol. The van der Waals surface area contributed by atoms with Crippen molar-refractivity contribution in [2.75, 3.05) is 7.11 Å². The fourth-order valence-corrected chi connectivity index (χ4v) is 1.18. The fourth-order valence-electron chi connectivity index (χ4n) is 1.18. The molecule has 0 fully saturated rings. The molecule has 96 valence electrons. The zero-order valence-corrected chi connectivity index (χ0v) is 9.67. The second kappa shape index (κ2) is 5.62. The third-order valence-corrected chi connectivity index (χ3v) is 2.04. The van der Waals surface area contributed by atoms with Gasteiger partial charge in [-0.25, -0.2) is 10.2 Å². The molecule has 0 aliphatic heterocycles. The predicted molar refractivity (Wildman–Crippen MR) is 60.4 cm³/mol. The lowest BCUT2D eigenvalue weighted by Crippen LogP contribution is -2.17. The van der Waals surface area contributed by atoms with Gasteiger partial charge in [-0.05, 0) is 12.5 Å². The molecular weight excluding hydrogens is 242 g/mol. The van der Waals surface area contributed by atoms with E-state index in [1.165, 1.54) is 13.0 Å². The Bertz CT molecular complexity index is 512. The van der Waals surface area contributed by atoms with Crippen molar-refractivity contribution in [2.24, 2.45) is 5.10 Å². The Morgan fingerprint density at radius 3 is 2.78 bits per heavy atom. The monoisotopic (exact) mass is 252 g/mol. The number of methoxy groups -OCH3 is 1. The van der Waals surface area contributed by atoms with Gasteiger partial charge in [-0.15, -0.1) is 0 Å². The standard InChI is InChI=1S/C10H11N3O5/c1-6-3-8(13(16)17)4-7(9(6)14)5-11-12-10(15)18-2/h3-5,14H,1-2H3,(H,12,15)/p-1/b11-5-. The van der Waals surface area contributed by atoms with Gasteiger partial charge in [0.05, 0.1) is 18.2 Å². The summed E-state index contributed by atoms with van der Waals surface area (Å²) in [7, 11) is 1.15. The SMILES string of the molecule is COC(=O)N/N=C\c1cc([N+](=O)[O-])cc(C)c1[O-]. The summed E-state index contributed by atoms with van der Waals surface area (Å²) in [4.78, 5) is 20.7. The summed E-state index contributed by atoms with van der Waals surface area (Å²) in [6.07, 6.45) is 0.222. The van der Waals surface area contributed by atoms with Crippen molar-refractivity contribution in [3.63, 3.8) is 0 Å². The molecule has 0 aliphatic carbocycles. The maximum absolute atomic E-state index is 11.6. The number of nitro groups is 1. The lowest BCUT2D eigenvalue weighted by Gasteiger charge is -2.13. The van der Waals surface area contributed by atoms with Crippen LogP contribution in [0.5, 0.6) is 5.75 Å². The number of aryl methyl sites for hydroxylation is 1. The summed E-state index contributed by atoms with van der Waals surface area (Å²) in [5.41, 5.74) is 2.00. The molecule has 8 nitrogen and oxygen atoms in total. The fraction of sp³-hybridized carbons (Fsp3) is 0.200. The molecule has 0 radical (unpaired) electrons. The molecule has 0 unspecified atom stereocenters. The molecule has 0 saturated heterocycles. The number of rotatable bonds is 3. The Labute approximate surface area is 102 Å². The summed E-state index contributed by atoms with van der Waals surface area (Å²) >= 11 is 0. The van der Waals surface area contributed by atoms with Crippen molar-refractivity contribution in [3.8, 4) is 5.75 Å². The van der Waals surface area contributed by atoms with Gasteiger partial charge in [-0.1, -0.05) is 11.3 Å². The number of nitrogens with one attached hydrogen (secondary N) is 1. The molecule has 8 heteroatoms. The minimum atomic E-state index is -0.805. The van der Waals surface area contributed by atoms with Crippen molar-refractivity contribution in [1.82, 2.24) is 5.43 Å². The van der Waals surface area contributed by atoms with E-state index in [1.807, 2.05) is 5.43 Å². The quantitative estimate of drug-likeness (QED) is 0.482. The molecule has 0 spiro atoms. The zero-order valence-electron chi connectivity index (χ0n) is 9.67. The molecule has 1 N–H and O–H groups in total. The minimum Gasteiger partial charge on any atom is -0.872 e.